The molecule has 3 N–H and O–H groups in total. The zero-order valence-corrected chi connectivity index (χ0v) is 17.7. The number of hydrogen-bond acceptors (Lipinski definition) is 7. The van der Waals surface area contributed by atoms with Crippen LogP contribution < -0.4 is 24.8 Å². The largest absolute Gasteiger partial charge is 0.491 e. The molecule has 2 heterocycles. The average molecular weight is 459 g/mol. The second kappa shape index (κ2) is 8.94. The minimum atomic E-state index is -1.41. The van der Waals surface area contributed by atoms with Crippen molar-refractivity contribution in [3.05, 3.63) is 53.8 Å². The molecule has 4 amide bonds. The lowest BCUT2D eigenvalue weighted by Gasteiger charge is -2.22. The Morgan fingerprint density at radius 2 is 1.97 bits per heavy atom. The van der Waals surface area contributed by atoms with Crippen LogP contribution >= 0.6 is 0 Å². The minimum Gasteiger partial charge on any atom is -0.491 e. The number of hydrogen-bond donors (Lipinski definition) is 3. The first-order valence-electron chi connectivity index (χ1n) is 10.1. The molecule has 0 bridgehead atoms. The molecule has 0 spiro atoms. The predicted molar refractivity (Wildman–Crippen MR) is 111 cm³/mol. The lowest BCUT2D eigenvalue weighted by molar-refractivity contribution is -0.134. The van der Waals surface area contributed by atoms with Gasteiger partial charge in [-0.25, -0.2) is 9.18 Å². The van der Waals surface area contributed by atoms with E-state index in [1.807, 2.05) is 0 Å². The highest BCUT2D eigenvalue weighted by atomic mass is 19.1. The summed E-state index contributed by atoms with van der Waals surface area (Å²) in [5.74, 6) is -0.145. The number of carbonyl (C=O) groups excluding carboxylic acids is 3. The van der Waals surface area contributed by atoms with Crippen LogP contribution in [-0.4, -0.2) is 60.4 Å². The molecule has 2 aromatic carbocycles. The van der Waals surface area contributed by atoms with Crippen LogP contribution in [0.5, 0.6) is 17.2 Å². The number of aliphatic hydroxyl groups excluding tert-OH is 1. The zero-order valence-electron chi connectivity index (χ0n) is 17.7. The Kier molecular flexibility index (Phi) is 6.05. The van der Waals surface area contributed by atoms with Crippen molar-refractivity contribution in [1.29, 1.82) is 0 Å². The predicted octanol–water partition coefficient (Wildman–Crippen LogP) is 0.877. The highest BCUT2D eigenvalue weighted by Crippen LogP contribution is 2.35. The van der Waals surface area contributed by atoms with Gasteiger partial charge >= 0.3 is 6.03 Å². The van der Waals surface area contributed by atoms with Gasteiger partial charge in [0.15, 0.2) is 11.5 Å². The number of imide groups is 1. The summed E-state index contributed by atoms with van der Waals surface area (Å²) in [6.45, 7) is 0.828. The van der Waals surface area contributed by atoms with Crippen LogP contribution in [0, 0.1) is 5.82 Å². The van der Waals surface area contributed by atoms with Gasteiger partial charge in [-0.2, -0.15) is 0 Å². The van der Waals surface area contributed by atoms with Gasteiger partial charge in [0.2, 0.25) is 12.7 Å². The molecule has 0 radical (unpaired) electrons. The highest BCUT2D eigenvalue weighted by molar-refractivity contribution is 6.09. The van der Waals surface area contributed by atoms with Crippen molar-refractivity contribution < 1.29 is 38.1 Å². The number of halogens is 1. The van der Waals surface area contributed by atoms with Crippen molar-refractivity contribution in [2.24, 2.45) is 0 Å². The Bertz CT molecular complexity index is 1080. The lowest BCUT2D eigenvalue weighted by atomic mass is 9.92. The van der Waals surface area contributed by atoms with Gasteiger partial charge in [0.1, 0.15) is 36.4 Å². The maximum absolute atomic E-state index is 13.2. The van der Waals surface area contributed by atoms with Crippen LogP contribution in [0.3, 0.4) is 0 Å². The number of ether oxygens (including phenoxy) is 3. The first-order valence-corrected chi connectivity index (χ1v) is 10.1. The first kappa shape index (κ1) is 22.3. The normalized spacial score (nSPS) is 19.9. The smallest absolute Gasteiger partial charge is 0.325 e. The number of aliphatic hydroxyl groups is 1. The van der Waals surface area contributed by atoms with E-state index in [1.54, 1.807) is 18.2 Å². The number of amides is 4. The summed E-state index contributed by atoms with van der Waals surface area (Å²) in [6, 6.07) is 9.39. The van der Waals surface area contributed by atoms with Crippen LogP contribution in [0.25, 0.3) is 0 Å². The van der Waals surface area contributed by atoms with Crippen molar-refractivity contribution in [2.75, 3.05) is 26.5 Å². The van der Waals surface area contributed by atoms with E-state index >= 15 is 0 Å². The summed E-state index contributed by atoms with van der Waals surface area (Å²) >= 11 is 0. The van der Waals surface area contributed by atoms with E-state index in [4.69, 9.17) is 14.2 Å². The van der Waals surface area contributed by atoms with Gasteiger partial charge in [0, 0.05) is 12.6 Å². The monoisotopic (exact) mass is 459 g/mol. The fourth-order valence-corrected chi connectivity index (χ4v) is 3.47. The molecule has 4 rings (SSSR count). The fraction of sp³-hybridized carbons (Fsp3) is 0.318. The maximum atomic E-state index is 13.2. The van der Waals surface area contributed by atoms with E-state index in [-0.39, 0.29) is 19.9 Å². The molecule has 174 valence electrons. The first-order chi connectivity index (χ1) is 15.8. The molecule has 10 nitrogen and oxygen atoms in total. The van der Waals surface area contributed by atoms with E-state index in [9.17, 15) is 23.9 Å². The molecule has 1 fully saturated rings. The molecule has 2 aromatic rings. The molecule has 2 unspecified atom stereocenters. The minimum absolute atomic E-state index is 0.105. The van der Waals surface area contributed by atoms with Gasteiger partial charge in [-0.15, -0.1) is 0 Å². The number of urea groups is 1. The molecule has 0 aliphatic carbocycles. The quantitative estimate of drug-likeness (QED) is 0.500. The molecule has 2 atom stereocenters. The van der Waals surface area contributed by atoms with E-state index in [0.29, 0.717) is 22.8 Å². The number of fused-ring (bicyclic) bond motifs is 1. The summed E-state index contributed by atoms with van der Waals surface area (Å²) in [7, 11) is 0. The van der Waals surface area contributed by atoms with Gasteiger partial charge in [-0.1, -0.05) is 12.1 Å². The number of rotatable bonds is 8. The molecular formula is C22H22FN3O7. The van der Waals surface area contributed by atoms with Gasteiger partial charge in [0.05, 0.1) is 0 Å². The Balaban J connectivity index is 1.26. The zero-order chi connectivity index (χ0) is 23.6. The van der Waals surface area contributed by atoms with Gasteiger partial charge in [-0.3, -0.25) is 14.5 Å². The molecule has 33 heavy (non-hydrogen) atoms. The second-order valence-electron chi connectivity index (χ2n) is 7.74. The molecule has 2 aliphatic rings. The number of nitrogens with zero attached hydrogens (tertiary/aromatic N) is 1. The summed E-state index contributed by atoms with van der Waals surface area (Å²) in [4.78, 5) is 38.2. The van der Waals surface area contributed by atoms with Gasteiger partial charge in [0.25, 0.3) is 5.91 Å². The van der Waals surface area contributed by atoms with Crippen molar-refractivity contribution in [1.82, 2.24) is 15.5 Å². The Morgan fingerprint density at radius 3 is 2.73 bits per heavy atom. The maximum Gasteiger partial charge on any atom is 0.325 e. The average Bonchev–Trinajstić information content (AvgIpc) is 3.35. The van der Waals surface area contributed by atoms with Crippen molar-refractivity contribution in [3.63, 3.8) is 0 Å². The number of benzene rings is 2. The molecule has 11 heteroatoms. The molecule has 1 saturated heterocycles. The van der Waals surface area contributed by atoms with Crippen LogP contribution in [0.15, 0.2) is 42.5 Å². The third-order valence-corrected chi connectivity index (χ3v) is 5.32. The fourth-order valence-electron chi connectivity index (χ4n) is 3.47. The summed E-state index contributed by atoms with van der Waals surface area (Å²) in [6.07, 6.45) is -1.04. The molecular weight excluding hydrogens is 437 g/mol. The highest BCUT2D eigenvalue weighted by Gasteiger charge is 2.49. The Hall–Kier alpha value is -3.86. The third-order valence-electron chi connectivity index (χ3n) is 5.32. The van der Waals surface area contributed by atoms with Crippen LogP contribution in [0.2, 0.25) is 0 Å². The van der Waals surface area contributed by atoms with Gasteiger partial charge in [-0.05, 0) is 36.8 Å². The topological polar surface area (TPSA) is 126 Å². The van der Waals surface area contributed by atoms with E-state index in [0.717, 1.165) is 4.90 Å². The second-order valence-corrected chi connectivity index (χ2v) is 7.74. The SMILES string of the molecule is CC1(c2ccc(F)cc2)NC(=O)N(CC(=O)NCC(O)COc2ccc3c(c2)OCO3)C1=O. The van der Waals surface area contributed by atoms with Crippen molar-refractivity contribution in [3.8, 4) is 17.2 Å². The third kappa shape index (κ3) is 4.67. The molecule has 0 aromatic heterocycles. The number of nitrogens with one attached hydrogen (secondary N) is 2. The van der Waals surface area contributed by atoms with E-state index < -0.39 is 41.9 Å². The number of carbonyl (C=O) groups is 3. The summed E-state index contributed by atoms with van der Waals surface area (Å²) in [5, 5.41) is 15.1. The molecule has 2 aliphatic heterocycles. The van der Waals surface area contributed by atoms with Crippen molar-refractivity contribution >= 4 is 17.8 Å². The lowest BCUT2D eigenvalue weighted by Crippen LogP contribution is -2.45. The summed E-state index contributed by atoms with van der Waals surface area (Å²) in [5.41, 5.74) is -1.02. The van der Waals surface area contributed by atoms with E-state index in [2.05, 4.69) is 10.6 Å². The Labute approximate surface area is 188 Å². The Morgan fingerprint density at radius 1 is 1.24 bits per heavy atom. The van der Waals surface area contributed by atoms with Crippen LogP contribution in [0.1, 0.15) is 12.5 Å². The van der Waals surface area contributed by atoms with Gasteiger partial charge < -0.3 is 30.0 Å². The van der Waals surface area contributed by atoms with Crippen LogP contribution in [0.4, 0.5) is 9.18 Å². The van der Waals surface area contributed by atoms with E-state index in [1.165, 1.54) is 31.2 Å². The standard InChI is InChI=1S/C22H22FN3O7/c1-22(13-2-4-14(23)5-3-13)20(29)26(21(30)25-22)10-19(28)24-9-15(27)11-31-16-6-7-17-18(8-16)33-12-32-17/h2-8,15,27H,9-12H2,1H3,(H,24,28)(H,25,30). The van der Waals surface area contributed by atoms with Crippen molar-refractivity contribution in [2.45, 2.75) is 18.6 Å². The summed E-state index contributed by atoms with van der Waals surface area (Å²) < 4.78 is 29.1. The molecule has 0 saturated carbocycles. The van der Waals surface area contributed by atoms with Crippen LogP contribution in [-0.2, 0) is 15.1 Å².